The third-order valence-corrected chi connectivity index (χ3v) is 1.88. The minimum atomic E-state index is -1.16. The van der Waals surface area contributed by atoms with Crippen molar-refractivity contribution >= 4 is 5.97 Å². The Labute approximate surface area is 70.8 Å². The van der Waals surface area contributed by atoms with Crippen LogP contribution in [0, 0.1) is 0 Å². The zero-order valence-corrected chi connectivity index (χ0v) is 6.95. The molecule has 1 atom stereocenters. The molecule has 0 radical (unpaired) electrons. The summed E-state index contributed by atoms with van der Waals surface area (Å²) < 4.78 is 9.68. The summed E-state index contributed by atoms with van der Waals surface area (Å²) >= 11 is 0. The number of carbonyl (C=O) groups is 1. The molecule has 1 heterocycles. The van der Waals surface area contributed by atoms with Gasteiger partial charge >= 0.3 is 5.97 Å². The van der Waals surface area contributed by atoms with Crippen LogP contribution in [0.25, 0.3) is 0 Å². The van der Waals surface area contributed by atoms with Crippen LogP contribution in [0.15, 0.2) is 12.2 Å². The molecule has 4 nitrogen and oxygen atoms in total. The lowest BCUT2D eigenvalue weighted by atomic mass is 9.99. The fourth-order valence-electron chi connectivity index (χ4n) is 1.11. The number of hydrogen-bond acceptors (Lipinski definition) is 4. The highest BCUT2D eigenvalue weighted by Gasteiger charge is 2.40. The van der Waals surface area contributed by atoms with Crippen molar-refractivity contribution < 1.29 is 19.4 Å². The molecule has 0 aliphatic carbocycles. The summed E-state index contributed by atoms with van der Waals surface area (Å²) in [6.07, 6.45) is 3.98. The number of carbonyl (C=O) groups excluding carboxylic acids is 1. The van der Waals surface area contributed by atoms with Crippen LogP contribution in [0.5, 0.6) is 0 Å². The van der Waals surface area contributed by atoms with Gasteiger partial charge < -0.3 is 14.6 Å². The summed E-state index contributed by atoms with van der Waals surface area (Å²) in [6.45, 7) is -0.000324. The largest absolute Gasteiger partial charge is 0.467 e. The molecule has 12 heavy (non-hydrogen) atoms. The zero-order chi connectivity index (χ0) is 9.03. The van der Waals surface area contributed by atoms with Crippen molar-refractivity contribution in [1.29, 1.82) is 0 Å². The maximum atomic E-state index is 11.2. The number of methoxy groups -OCH3 is 1. The van der Waals surface area contributed by atoms with Gasteiger partial charge in [0.05, 0.1) is 20.3 Å². The van der Waals surface area contributed by atoms with Gasteiger partial charge in [-0.3, -0.25) is 0 Å². The van der Waals surface area contributed by atoms with Crippen LogP contribution in [0.1, 0.15) is 6.42 Å². The number of hydrogen-bond donors (Lipinski definition) is 1. The van der Waals surface area contributed by atoms with E-state index < -0.39 is 11.6 Å². The maximum absolute atomic E-state index is 11.2. The first-order chi connectivity index (χ1) is 5.75. The molecule has 1 rings (SSSR count). The van der Waals surface area contributed by atoms with Gasteiger partial charge in [0.1, 0.15) is 0 Å². The Balaban J connectivity index is 2.74. The average molecular weight is 172 g/mol. The van der Waals surface area contributed by atoms with Gasteiger partial charge in [0, 0.05) is 6.42 Å². The second-order valence-electron chi connectivity index (χ2n) is 2.63. The minimum Gasteiger partial charge on any atom is -0.467 e. The van der Waals surface area contributed by atoms with E-state index in [9.17, 15) is 4.79 Å². The fourth-order valence-corrected chi connectivity index (χ4v) is 1.11. The van der Waals surface area contributed by atoms with Gasteiger partial charge in [-0.25, -0.2) is 4.79 Å². The van der Waals surface area contributed by atoms with E-state index in [1.807, 2.05) is 0 Å². The van der Waals surface area contributed by atoms with E-state index in [0.29, 0.717) is 13.0 Å². The number of aliphatic hydroxyl groups is 1. The summed E-state index contributed by atoms with van der Waals surface area (Å²) in [5, 5.41) is 8.98. The van der Waals surface area contributed by atoms with Crippen LogP contribution >= 0.6 is 0 Å². The van der Waals surface area contributed by atoms with E-state index >= 15 is 0 Å². The Bertz CT molecular complexity index is 199. The summed E-state index contributed by atoms with van der Waals surface area (Å²) in [5.74, 6) is -0.519. The molecule has 0 saturated carbocycles. The topological polar surface area (TPSA) is 55.8 Å². The highest BCUT2D eigenvalue weighted by Crippen LogP contribution is 2.21. The van der Waals surface area contributed by atoms with Crippen molar-refractivity contribution in [2.45, 2.75) is 12.0 Å². The molecule has 0 bridgehead atoms. The van der Waals surface area contributed by atoms with Crippen molar-refractivity contribution in [3.05, 3.63) is 12.2 Å². The van der Waals surface area contributed by atoms with Gasteiger partial charge in [0.25, 0.3) is 0 Å². The molecule has 0 aromatic carbocycles. The number of esters is 1. The molecular weight excluding hydrogens is 160 g/mol. The van der Waals surface area contributed by atoms with Crippen molar-refractivity contribution in [2.75, 3.05) is 20.3 Å². The maximum Gasteiger partial charge on any atom is 0.340 e. The Morgan fingerprint density at radius 3 is 2.92 bits per heavy atom. The van der Waals surface area contributed by atoms with Crippen LogP contribution in [0.2, 0.25) is 0 Å². The van der Waals surface area contributed by atoms with E-state index in [0.717, 1.165) is 0 Å². The second kappa shape index (κ2) is 3.69. The van der Waals surface area contributed by atoms with Gasteiger partial charge in [-0.05, 0) is 0 Å². The number of rotatable bonds is 2. The molecule has 0 saturated heterocycles. The normalized spacial score (nSPS) is 28.5. The first kappa shape index (κ1) is 9.22. The van der Waals surface area contributed by atoms with Crippen LogP contribution in [0.4, 0.5) is 0 Å². The molecule has 0 aromatic rings. The average Bonchev–Trinajstić information content (AvgIpc) is 2.17. The van der Waals surface area contributed by atoms with Crippen LogP contribution < -0.4 is 0 Å². The summed E-state index contributed by atoms with van der Waals surface area (Å²) in [6, 6.07) is 0. The third kappa shape index (κ3) is 1.49. The molecule has 1 aliphatic rings. The van der Waals surface area contributed by atoms with Gasteiger partial charge in [-0.1, -0.05) is 12.2 Å². The first-order valence-corrected chi connectivity index (χ1v) is 3.73. The van der Waals surface area contributed by atoms with E-state index in [4.69, 9.17) is 9.84 Å². The highest BCUT2D eigenvalue weighted by molar-refractivity contribution is 5.80. The molecule has 1 N–H and O–H groups in total. The van der Waals surface area contributed by atoms with Gasteiger partial charge in [-0.2, -0.15) is 0 Å². The molecule has 0 amide bonds. The van der Waals surface area contributed by atoms with E-state index in [-0.39, 0.29) is 6.61 Å². The molecule has 1 unspecified atom stereocenters. The predicted octanol–water partition coefficient (Wildman–Crippen LogP) is -0.133. The zero-order valence-electron chi connectivity index (χ0n) is 6.95. The van der Waals surface area contributed by atoms with Gasteiger partial charge in [0.15, 0.2) is 5.60 Å². The Morgan fingerprint density at radius 1 is 1.75 bits per heavy atom. The van der Waals surface area contributed by atoms with E-state index in [2.05, 4.69) is 4.74 Å². The highest BCUT2D eigenvalue weighted by atomic mass is 16.6. The molecule has 0 fully saturated rings. The van der Waals surface area contributed by atoms with Crippen LogP contribution in [-0.2, 0) is 14.3 Å². The van der Waals surface area contributed by atoms with Crippen molar-refractivity contribution in [3.63, 3.8) is 0 Å². The smallest absolute Gasteiger partial charge is 0.340 e. The van der Waals surface area contributed by atoms with E-state index in [1.165, 1.54) is 7.11 Å². The summed E-state index contributed by atoms with van der Waals surface area (Å²) in [5.41, 5.74) is -1.16. The number of ether oxygens (including phenoxy) is 2. The monoisotopic (exact) mass is 172 g/mol. The quantitative estimate of drug-likeness (QED) is 0.465. The SMILES string of the molecule is COC(=O)C1(CO)CC=CCO1. The van der Waals surface area contributed by atoms with Gasteiger partial charge in [-0.15, -0.1) is 0 Å². The fraction of sp³-hybridized carbons (Fsp3) is 0.625. The Morgan fingerprint density at radius 2 is 2.50 bits per heavy atom. The summed E-state index contributed by atoms with van der Waals surface area (Å²) in [4.78, 5) is 11.2. The molecular formula is C8H12O4. The molecule has 1 aliphatic heterocycles. The molecule has 0 spiro atoms. The van der Waals surface area contributed by atoms with Crippen LogP contribution in [0.3, 0.4) is 0 Å². The predicted molar refractivity (Wildman–Crippen MR) is 41.5 cm³/mol. The van der Waals surface area contributed by atoms with Crippen LogP contribution in [-0.4, -0.2) is 37.0 Å². The van der Waals surface area contributed by atoms with Crippen molar-refractivity contribution in [2.24, 2.45) is 0 Å². The minimum absolute atomic E-state index is 0.343. The molecule has 4 heteroatoms. The lowest BCUT2D eigenvalue weighted by Crippen LogP contribution is -2.47. The third-order valence-electron chi connectivity index (χ3n) is 1.88. The van der Waals surface area contributed by atoms with Crippen molar-refractivity contribution in [1.82, 2.24) is 0 Å². The standard InChI is InChI=1S/C8H12O4/c1-11-7(10)8(6-9)4-2-3-5-12-8/h2-3,9H,4-6H2,1H3. The Hall–Kier alpha value is -0.870. The first-order valence-electron chi connectivity index (χ1n) is 3.73. The summed E-state index contributed by atoms with van der Waals surface area (Å²) in [7, 11) is 1.28. The number of aliphatic hydroxyl groups excluding tert-OH is 1. The Kier molecular flexibility index (Phi) is 2.83. The molecule has 0 aromatic heterocycles. The lowest BCUT2D eigenvalue weighted by Gasteiger charge is -2.29. The van der Waals surface area contributed by atoms with Crippen molar-refractivity contribution in [3.8, 4) is 0 Å². The molecule has 68 valence electrons. The van der Waals surface area contributed by atoms with E-state index in [1.54, 1.807) is 12.2 Å². The lowest BCUT2D eigenvalue weighted by molar-refractivity contribution is -0.174. The van der Waals surface area contributed by atoms with Gasteiger partial charge in [0.2, 0.25) is 0 Å². The second-order valence-corrected chi connectivity index (χ2v) is 2.63.